The Morgan fingerprint density at radius 2 is 1.90 bits per heavy atom. The number of phenolic OH excluding ortho intramolecular Hbond substituents is 1. The SMILES string of the molecule is CC1CCCC2(C1)OCC(C)(C)c1c2c2c(O)cccc2n1-c1ccc(F)cc1. The predicted molar refractivity (Wildman–Crippen MR) is 113 cm³/mol. The van der Waals surface area contributed by atoms with Crippen LogP contribution in [0.2, 0.25) is 0 Å². The van der Waals surface area contributed by atoms with Crippen LogP contribution in [-0.4, -0.2) is 16.3 Å². The van der Waals surface area contributed by atoms with E-state index < -0.39 is 0 Å². The minimum absolute atomic E-state index is 0.235. The molecule has 0 saturated heterocycles. The summed E-state index contributed by atoms with van der Waals surface area (Å²) in [6, 6.07) is 12.3. The third kappa shape index (κ3) is 2.72. The number of aromatic nitrogens is 1. The number of phenols is 1. The zero-order valence-corrected chi connectivity index (χ0v) is 17.3. The molecule has 3 aromatic rings. The summed E-state index contributed by atoms with van der Waals surface area (Å²) in [4.78, 5) is 0. The number of fused-ring (bicyclic) bond motifs is 4. The van der Waals surface area contributed by atoms with Crippen LogP contribution in [-0.2, 0) is 15.8 Å². The van der Waals surface area contributed by atoms with Gasteiger partial charge in [0, 0.05) is 27.7 Å². The van der Waals surface area contributed by atoms with Gasteiger partial charge in [-0.1, -0.05) is 33.3 Å². The van der Waals surface area contributed by atoms with Gasteiger partial charge >= 0.3 is 0 Å². The Bertz CT molecular complexity index is 1080. The third-order valence-electron chi connectivity index (χ3n) is 6.82. The van der Waals surface area contributed by atoms with Gasteiger partial charge in [0.1, 0.15) is 11.6 Å². The van der Waals surface area contributed by atoms with Crippen LogP contribution in [0.15, 0.2) is 42.5 Å². The topological polar surface area (TPSA) is 34.4 Å². The highest BCUT2D eigenvalue weighted by atomic mass is 19.1. The average molecular weight is 394 g/mol. The quantitative estimate of drug-likeness (QED) is 0.535. The van der Waals surface area contributed by atoms with Gasteiger partial charge in [-0.15, -0.1) is 0 Å². The maximum absolute atomic E-state index is 13.7. The third-order valence-corrected chi connectivity index (χ3v) is 6.82. The van der Waals surface area contributed by atoms with Crippen molar-refractivity contribution in [3.63, 3.8) is 0 Å². The van der Waals surface area contributed by atoms with Crippen molar-refractivity contribution in [1.82, 2.24) is 4.57 Å². The van der Waals surface area contributed by atoms with E-state index in [1.165, 1.54) is 24.2 Å². The number of aromatic hydroxyl groups is 1. The van der Waals surface area contributed by atoms with Crippen molar-refractivity contribution in [2.75, 3.05) is 6.61 Å². The van der Waals surface area contributed by atoms with Crippen molar-refractivity contribution in [2.45, 2.75) is 57.5 Å². The summed E-state index contributed by atoms with van der Waals surface area (Å²) in [5.41, 5.74) is 3.58. The Balaban J connectivity index is 1.91. The van der Waals surface area contributed by atoms with E-state index in [-0.39, 0.29) is 16.8 Å². The number of benzene rings is 2. The van der Waals surface area contributed by atoms with E-state index in [1.807, 2.05) is 24.3 Å². The maximum atomic E-state index is 13.7. The van der Waals surface area contributed by atoms with Crippen molar-refractivity contribution >= 4 is 10.9 Å². The number of rotatable bonds is 1. The van der Waals surface area contributed by atoms with E-state index in [2.05, 4.69) is 25.3 Å². The molecule has 0 bridgehead atoms. The standard InChI is InChI=1S/C25H28FNO2/c1-16-6-5-13-25(14-16)22-21-19(7-4-8-20(21)28)27(18-11-9-17(26)10-12-18)23(22)24(2,3)15-29-25/h4,7-12,16,28H,5-6,13-15H2,1-3H3. The molecule has 2 aliphatic rings. The number of hydrogen-bond donors (Lipinski definition) is 1. The lowest BCUT2D eigenvalue weighted by atomic mass is 9.69. The predicted octanol–water partition coefficient (Wildman–Crippen LogP) is 6.19. The number of ether oxygens (including phenoxy) is 1. The van der Waals surface area contributed by atoms with E-state index in [0.717, 1.165) is 41.4 Å². The van der Waals surface area contributed by atoms with E-state index in [1.54, 1.807) is 6.07 Å². The lowest BCUT2D eigenvalue weighted by Gasteiger charge is -2.48. The Labute approximate surface area is 171 Å². The van der Waals surface area contributed by atoms with Crippen LogP contribution in [0.4, 0.5) is 4.39 Å². The van der Waals surface area contributed by atoms with Crippen LogP contribution < -0.4 is 0 Å². The summed E-state index contributed by atoms with van der Waals surface area (Å²) >= 11 is 0. The molecular weight excluding hydrogens is 365 g/mol. The number of nitrogens with zero attached hydrogens (tertiary/aromatic N) is 1. The first kappa shape index (κ1) is 18.7. The first-order chi connectivity index (χ1) is 13.8. The summed E-state index contributed by atoms with van der Waals surface area (Å²) in [5.74, 6) is 0.619. The average Bonchev–Trinajstić information content (AvgIpc) is 3.05. The minimum Gasteiger partial charge on any atom is -0.507 e. The Hall–Kier alpha value is -2.33. The molecule has 2 atom stereocenters. The fourth-order valence-corrected chi connectivity index (χ4v) is 5.58. The molecule has 2 unspecified atom stereocenters. The maximum Gasteiger partial charge on any atom is 0.125 e. The van der Waals surface area contributed by atoms with Gasteiger partial charge in [0.05, 0.1) is 17.7 Å². The first-order valence-electron chi connectivity index (χ1n) is 10.6. The highest BCUT2D eigenvalue weighted by Gasteiger charge is 2.50. The van der Waals surface area contributed by atoms with Crippen LogP contribution in [0, 0.1) is 11.7 Å². The lowest BCUT2D eigenvalue weighted by molar-refractivity contribution is -0.115. The smallest absolute Gasteiger partial charge is 0.125 e. The molecule has 1 fully saturated rings. The molecule has 4 heteroatoms. The molecule has 0 amide bonds. The van der Waals surface area contributed by atoms with Crippen LogP contribution in [0.25, 0.3) is 16.6 Å². The molecule has 1 aliphatic heterocycles. The van der Waals surface area contributed by atoms with Crippen LogP contribution in [0.1, 0.15) is 57.7 Å². The second-order valence-electron chi connectivity index (χ2n) is 9.58. The highest BCUT2D eigenvalue weighted by molar-refractivity contribution is 5.94. The molecule has 1 saturated carbocycles. The van der Waals surface area contributed by atoms with Crippen LogP contribution in [0.3, 0.4) is 0 Å². The van der Waals surface area contributed by atoms with Gasteiger partial charge in [-0.3, -0.25) is 0 Å². The largest absolute Gasteiger partial charge is 0.507 e. The van der Waals surface area contributed by atoms with Crippen LogP contribution >= 0.6 is 0 Å². The van der Waals surface area contributed by atoms with Gasteiger partial charge in [-0.25, -0.2) is 4.39 Å². The van der Waals surface area contributed by atoms with Crippen molar-refractivity contribution in [3.05, 3.63) is 59.5 Å². The summed E-state index contributed by atoms with van der Waals surface area (Å²) < 4.78 is 22.5. The summed E-state index contributed by atoms with van der Waals surface area (Å²) in [6.45, 7) is 7.31. The number of halogens is 1. The van der Waals surface area contributed by atoms with E-state index in [4.69, 9.17) is 4.74 Å². The van der Waals surface area contributed by atoms with Crippen molar-refractivity contribution < 1.29 is 14.2 Å². The van der Waals surface area contributed by atoms with Crippen molar-refractivity contribution in [1.29, 1.82) is 0 Å². The van der Waals surface area contributed by atoms with E-state index in [9.17, 15) is 9.50 Å². The van der Waals surface area contributed by atoms with Gasteiger partial charge < -0.3 is 14.4 Å². The van der Waals surface area contributed by atoms with E-state index >= 15 is 0 Å². The molecule has 1 spiro atoms. The fourth-order valence-electron chi connectivity index (χ4n) is 5.58. The first-order valence-corrected chi connectivity index (χ1v) is 10.6. The van der Waals surface area contributed by atoms with Gasteiger partial charge in [0.15, 0.2) is 0 Å². The van der Waals surface area contributed by atoms with Crippen LogP contribution in [0.5, 0.6) is 5.75 Å². The molecule has 5 rings (SSSR count). The molecule has 1 aliphatic carbocycles. The van der Waals surface area contributed by atoms with Gasteiger partial charge in [0.2, 0.25) is 0 Å². The Morgan fingerprint density at radius 1 is 1.14 bits per heavy atom. The Kier molecular flexibility index (Phi) is 4.08. The second kappa shape index (κ2) is 6.33. The normalized spacial score (nSPS) is 26.0. The summed E-state index contributed by atoms with van der Waals surface area (Å²) in [5, 5.41) is 11.8. The molecule has 2 heterocycles. The van der Waals surface area contributed by atoms with Crippen molar-refractivity contribution in [2.24, 2.45) is 5.92 Å². The Morgan fingerprint density at radius 3 is 2.62 bits per heavy atom. The minimum atomic E-state index is -0.370. The molecule has 0 radical (unpaired) electrons. The zero-order chi connectivity index (χ0) is 20.4. The highest BCUT2D eigenvalue weighted by Crippen LogP contribution is 2.55. The molecule has 152 valence electrons. The monoisotopic (exact) mass is 393 g/mol. The second-order valence-corrected chi connectivity index (χ2v) is 9.58. The molecule has 1 N–H and O–H groups in total. The molecule has 29 heavy (non-hydrogen) atoms. The number of hydrogen-bond acceptors (Lipinski definition) is 2. The van der Waals surface area contributed by atoms with Gasteiger partial charge in [-0.2, -0.15) is 0 Å². The van der Waals surface area contributed by atoms with Gasteiger partial charge in [0.25, 0.3) is 0 Å². The zero-order valence-electron chi connectivity index (χ0n) is 17.3. The lowest BCUT2D eigenvalue weighted by Crippen LogP contribution is -2.46. The molecular formula is C25H28FNO2. The molecule has 1 aromatic heterocycles. The van der Waals surface area contributed by atoms with Gasteiger partial charge in [-0.05, 0) is 61.6 Å². The van der Waals surface area contributed by atoms with E-state index in [0.29, 0.717) is 18.3 Å². The molecule has 2 aromatic carbocycles. The van der Waals surface area contributed by atoms with Crippen molar-refractivity contribution in [3.8, 4) is 11.4 Å². The molecule has 3 nitrogen and oxygen atoms in total. The summed E-state index contributed by atoms with van der Waals surface area (Å²) in [6.07, 6.45) is 4.27. The summed E-state index contributed by atoms with van der Waals surface area (Å²) in [7, 11) is 0. The fraction of sp³-hybridized carbons (Fsp3) is 0.440.